The van der Waals surface area contributed by atoms with Crippen molar-refractivity contribution in [2.75, 3.05) is 24.7 Å². The van der Waals surface area contributed by atoms with Crippen LogP contribution in [0.2, 0.25) is 0 Å². The van der Waals surface area contributed by atoms with Crippen molar-refractivity contribution in [2.24, 2.45) is 5.41 Å². The molecule has 1 aliphatic heterocycles. The molecule has 1 N–H and O–H groups in total. The zero-order valence-electron chi connectivity index (χ0n) is 6.50. The van der Waals surface area contributed by atoms with E-state index in [-0.39, 0.29) is 11.2 Å². The summed E-state index contributed by atoms with van der Waals surface area (Å²) in [4.78, 5) is 10.1. The highest BCUT2D eigenvalue weighted by Crippen LogP contribution is 2.30. The number of aliphatic carboxylic acids is 1. The van der Waals surface area contributed by atoms with Crippen molar-refractivity contribution in [3.05, 3.63) is 0 Å². The van der Waals surface area contributed by atoms with Crippen LogP contribution in [-0.2, 0) is 9.53 Å². The van der Waals surface area contributed by atoms with Gasteiger partial charge in [0.2, 0.25) is 0 Å². The van der Waals surface area contributed by atoms with Gasteiger partial charge in [0.25, 0.3) is 0 Å². The molecular weight excluding hydrogens is 164 g/mol. The van der Waals surface area contributed by atoms with Gasteiger partial charge in [0, 0.05) is 11.2 Å². The second-order valence-electron chi connectivity index (χ2n) is 3.19. The largest absolute Gasteiger partial charge is 0.481 e. The van der Waals surface area contributed by atoms with Gasteiger partial charge in [-0.15, -0.1) is 11.8 Å². The van der Waals surface area contributed by atoms with E-state index < -0.39 is 5.97 Å². The SMILES string of the molecule is CC1(CSCC(=O)O)COC1. The minimum absolute atomic E-state index is 0.204. The molecule has 1 fully saturated rings. The number of carboxylic acid groups (broad SMARTS) is 1. The molecule has 0 aromatic heterocycles. The Morgan fingerprint density at radius 1 is 1.73 bits per heavy atom. The monoisotopic (exact) mass is 176 g/mol. The van der Waals surface area contributed by atoms with E-state index in [9.17, 15) is 4.79 Å². The van der Waals surface area contributed by atoms with Crippen molar-refractivity contribution in [2.45, 2.75) is 6.92 Å². The predicted molar refractivity (Wildman–Crippen MR) is 43.9 cm³/mol. The summed E-state index contributed by atoms with van der Waals surface area (Å²) in [5.41, 5.74) is 0.236. The number of hydrogen-bond donors (Lipinski definition) is 1. The molecule has 11 heavy (non-hydrogen) atoms. The number of thioether (sulfide) groups is 1. The second kappa shape index (κ2) is 3.45. The van der Waals surface area contributed by atoms with E-state index in [0.717, 1.165) is 19.0 Å². The Labute approximate surface area is 70.1 Å². The third kappa shape index (κ3) is 2.71. The third-order valence-corrected chi connectivity index (χ3v) is 2.93. The lowest BCUT2D eigenvalue weighted by molar-refractivity contribution is -0.133. The lowest BCUT2D eigenvalue weighted by Gasteiger charge is -2.37. The summed E-state index contributed by atoms with van der Waals surface area (Å²) in [5.74, 6) is 0.355. The summed E-state index contributed by atoms with van der Waals surface area (Å²) in [7, 11) is 0. The Bertz CT molecular complexity index is 154. The standard InChI is InChI=1S/C7H12O3S/c1-7(3-10-4-7)5-11-2-6(8)9/h2-5H2,1H3,(H,8,9). The van der Waals surface area contributed by atoms with Crippen LogP contribution in [0.5, 0.6) is 0 Å². The molecule has 0 radical (unpaired) electrons. The molecule has 0 saturated carbocycles. The maximum atomic E-state index is 10.1. The lowest BCUT2D eigenvalue weighted by Crippen LogP contribution is -2.41. The van der Waals surface area contributed by atoms with E-state index in [1.807, 2.05) is 0 Å². The Morgan fingerprint density at radius 3 is 2.73 bits per heavy atom. The van der Waals surface area contributed by atoms with Crippen LogP contribution < -0.4 is 0 Å². The van der Waals surface area contributed by atoms with Gasteiger partial charge in [-0.3, -0.25) is 4.79 Å². The summed E-state index contributed by atoms with van der Waals surface area (Å²) in [6.45, 7) is 3.67. The Morgan fingerprint density at radius 2 is 2.36 bits per heavy atom. The molecule has 0 spiro atoms. The normalized spacial score (nSPS) is 20.8. The van der Waals surface area contributed by atoms with Gasteiger partial charge >= 0.3 is 5.97 Å². The van der Waals surface area contributed by atoms with Gasteiger partial charge in [0.1, 0.15) is 0 Å². The summed E-state index contributed by atoms with van der Waals surface area (Å²) < 4.78 is 5.03. The predicted octanol–water partition coefficient (Wildman–Crippen LogP) is 0.841. The molecule has 0 aromatic rings. The molecule has 1 heterocycles. The van der Waals surface area contributed by atoms with Crippen molar-refractivity contribution in [1.29, 1.82) is 0 Å². The molecule has 3 nitrogen and oxygen atoms in total. The molecule has 1 aliphatic rings. The fraction of sp³-hybridized carbons (Fsp3) is 0.857. The minimum Gasteiger partial charge on any atom is -0.481 e. The second-order valence-corrected chi connectivity index (χ2v) is 4.18. The molecule has 0 aliphatic carbocycles. The molecule has 4 heteroatoms. The molecule has 1 saturated heterocycles. The first-order chi connectivity index (χ1) is 5.12. The van der Waals surface area contributed by atoms with Crippen LogP contribution in [0.15, 0.2) is 0 Å². The smallest absolute Gasteiger partial charge is 0.313 e. The first-order valence-corrected chi connectivity index (χ1v) is 4.65. The zero-order valence-corrected chi connectivity index (χ0v) is 7.32. The van der Waals surface area contributed by atoms with Crippen molar-refractivity contribution in [1.82, 2.24) is 0 Å². The fourth-order valence-corrected chi connectivity index (χ4v) is 1.85. The highest BCUT2D eigenvalue weighted by molar-refractivity contribution is 7.99. The number of carboxylic acids is 1. The Kier molecular flexibility index (Phi) is 2.78. The highest BCUT2D eigenvalue weighted by Gasteiger charge is 2.33. The summed E-state index contributed by atoms with van der Waals surface area (Å²) in [6.07, 6.45) is 0. The number of carbonyl (C=O) groups is 1. The summed E-state index contributed by atoms with van der Waals surface area (Å²) >= 11 is 1.46. The van der Waals surface area contributed by atoms with Crippen molar-refractivity contribution in [3.63, 3.8) is 0 Å². The molecule has 1 rings (SSSR count). The Hall–Kier alpha value is -0.220. The van der Waals surface area contributed by atoms with E-state index in [1.165, 1.54) is 11.8 Å². The van der Waals surface area contributed by atoms with Crippen LogP contribution in [0, 0.1) is 5.41 Å². The molecule has 0 atom stereocenters. The summed E-state index contributed by atoms with van der Waals surface area (Å²) in [5, 5.41) is 8.35. The maximum absolute atomic E-state index is 10.1. The molecule has 64 valence electrons. The van der Waals surface area contributed by atoms with E-state index >= 15 is 0 Å². The van der Waals surface area contributed by atoms with Crippen molar-refractivity contribution in [3.8, 4) is 0 Å². The number of ether oxygens (including phenoxy) is 1. The van der Waals surface area contributed by atoms with Crippen molar-refractivity contribution >= 4 is 17.7 Å². The van der Waals surface area contributed by atoms with Crippen LogP contribution in [-0.4, -0.2) is 35.8 Å². The number of hydrogen-bond acceptors (Lipinski definition) is 3. The quantitative estimate of drug-likeness (QED) is 0.689. The lowest BCUT2D eigenvalue weighted by atomic mass is 9.92. The third-order valence-electron chi connectivity index (χ3n) is 1.58. The van der Waals surface area contributed by atoms with Gasteiger partial charge in [-0.25, -0.2) is 0 Å². The van der Waals surface area contributed by atoms with Crippen LogP contribution in [0.25, 0.3) is 0 Å². The first-order valence-electron chi connectivity index (χ1n) is 3.50. The number of rotatable bonds is 4. The van der Waals surface area contributed by atoms with Gasteiger partial charge in [0.05, 0.1) is 19.0 Å². The van der Waals surface area contributed by atoms with Gasteiger partial charge in [0.15, 0.2) is 0 Å². The van der Waals surface area contributed by atoms with Crippen LogP contribution >= 0.6 is 11.8 Å². The molecule has 0 unspecified atom stereocenters. The van der Waals surface area contributed by atoms with Crippen molar-refractivity contribution < 1.29 is 14.6 Å². The maximum Gasteiger partial charge on any atom is 0.313 e. The molecule has 0 amide bonds. The average Bonchev–Trinajstić information content (AvgIpc) is 1.83. The molecule has 0 aromatic carbocycles. The molecular formula is C7H12O3S. The van der Waals surface area contributed by atoms with Crippen LogP contribution in [0.1, 0.15) is 6.92 Å². The van der Waals surface area contributed by atoms with E-state index in [0.29, 0.717) is 0 Å². The topological polar surface area (TPSA) is 46.5 Å². The average molecular weight is 176 g/mol. The van der Waals surface area contributed by atoms with Crippen LogP contribution in [0.3, 0.4) is 0 Å². The van der Waals surface area contributed by atoms with Crippen LogP contribution in [0.4, 0.5) is 0 Å². The Balaban J connectivity index is 2.07. The highest BCUT2D eigenvalue weighted by atomic mass is 32.2. The minimum atomic E-state index is -0.737. The van der Waals surface area contributed by atoms with Gasteiger partial charge < -0.3 is 9.84 Å². The first kappa shape index (κ1) is 8.87. The fourth-order valence-electron chi connectivity index (χ4n) is 0.919. The zero-order chi connectivity index (χ0) is 8.32. The van der Waals surface area contributed by atoms with E-state index in [2.05, 4.69) is 6.92 Å². The van der Waals surface area contributed by atoms with Gasteiger partial charge in [-0.05, 0) is 0 Å². The van der Waals surface area contributed by atoms with E-state index in [1.54, 1.807) is 0 Å². The van der Waals surface area contributed by atoms with E-state index in [4.69, 9.17) is 9.84 Å². The molecule has 0 bridgehead atoms. The van der Waals surface area contributed by atoms with Gasteiger partial charge in [-0.1, -0.05) is 6.92 Å². The summed E-state index contributed by atoms with van der Waals surface area (Å²) in [6, 6.07) is 0. The van der Waals surface area contributed by atoms with Gasteiger partial charge in [-0.2, -0.15) is 0 Å².